The highest BCUT2D eigenvalue weighted by molar-refractivity contribution is 6.33. The molecule has 0 unspecified atom stereocenters. The molecule has 2 aromatic rings. The van der Waals surface area contributed by atoms with E-state index in [1.165, 1.54) is 12.3 Å². The molecule has 0 atom stereocenters. The molecule has 0 aliphatic heterocycles. The topological polar surface area (TPSA) is 89.1 Å². The van der Waals surface area contributed by atoms with E-state index in [-0.39, 0.29) is 11.4 Å². The lowest BCUT2D eigenvalue weighted by molar-refractivity contribution is 0.0692. The summed E-state index contributed by atoms with van der Waals surface area (Å²) in [5.41, 5.74) is 6.51. The molecule has 0 aliphatic rings. The molecule has 5 nitrogen and oxygen atoms in total. The third-order valence-electron chi connectivity index (χ3n) is 2.18. The van der Waals surface area contributed by atoms with Gasteiger partial charge in [-0.15, -0.1) is 0 Å². The molecule has 0 amide bonds. The molecular formula is C11H8ClN3O2. The van der Waals surface area contributed by atoms with E-state index in [4.69, 9.17) is 22.4 Å². The number of anilines is 1. The van der Waals surface area contributed by atoms with Gasteiger partial charge in [0.2, 0.25) is 0 Å². The van der Waals surface area contributed by atoms with Crippen LogP contribution in [0.15, 0.2) is 30.6 Å². The number of halogens is 1. The Morgan fingerprint density at radius 2 is 2.12 bits per heavy atom. The minimum atomic E-state index is -1.17. The summed E-state index contributed by atoms with van der Waals surface area (Å²) < 4.78 is 0. The van der Waals surface area contributed by atoms with Crippen molar-refractivity contribution in [1.29, 1.82) is 0 Å². The number of rotatable bonds is 2. The van der Waals surface area contributed by atoms with Crippen LogP contribution in [0.1, 0.15) is 10.5 Å². The first-order valence-electron chi connectivity index (χ1n) is 4.69. The molecule has 17 heavy (non-hydrogen) atoms. The Morgan fingerprint density at radius 3 is 2.76 bits per heavy atom. The van der Waals surface area contributed by atoms with Crippen LogP contribution >= 0.6 is 11.6 Å². The maximum Gasteiger partial charge on any atom is 0.356 e. The van der Waals surface area contributed by atoms with Gasteiger partial charge in [-0.1, -0.05) is 11.6 Å². The van der Waals surface area contributed by atoms with E-state index in [0.717, 1.165) is 0 Å². The summed E-state index contributed by atoms with van der Waals surface area (Å²) in [5.74, 6) is -1.17. The lowest BCUT2D eigenvalue weighted by Crippen LogP contribution is -2.06. The van der Waals surface area contributed by atoms with Crippen molar-refractivity contribution < 1.29 is 9.90 Å². The number of nitrogen functional groups attached to an aromatic ring is 1. The highest BCUT2D eigenvalue weighted by atomic mass is 35.5. The maximum atomic E-state index is 10.9. The van der Waals surface area contributed by atoms with E-state index < -0.39 is 5.97 Å². The molecule has 0 aliphatic carbocycles. The fourth-order valence-corrected chi connectivity index (χ4v) is 1.59. The van der Waals surface area contributed by atoms with Gasteiger partial charge < -0.3 is 10.8 Å². The van der Waals surface area contributed by atoms with E-state index in [1.54, 1.807) is 18.3 Å². The van der Waals surface area contributed by atoms with Crippen molar-refractivity contribution in [2.75, 3.05) is 5.73 Å². The number of carboxylic acids is 1. The molecule has 6 heteroatoms. The summed E-state index contributed by atoms with van der Waals surface area (Å²) in [6, 6.07) is 4.76. The van der Waals surface area contributed by atoms with Gasteiger partial charge in [0.25, 0.3) is 0 Å². The molecule has 2 aromatic heterocycles. The predicted molar refractivity (Wildman–Crippen MR) is 63.8 cm³/mol. The normalized spacial score (nSPS) is 10.2. The van der Waals surface area contributed by atoms with Gasteiger partial charge in [0, 0.05) is 18.0 Å². The van der Waals surface area contributed by atoms with Gasteiger partial charge in [-0.2, -0.15) is 0 Å². The van der Waals surface area contributed by atoms with Crippen LogP contribution in [0.2, 0.25) is 5.02 Å². The minimum absolute atomic E-state index is 0.117. The Kier molecular flexibility index (Phi) is 2.93. The molecule has 86 valence electrons. The molecule has 0 bridgehead atoms. The van der Waals surface area contributed by atoms with Crippen molar-refractivity contribution in [2.24, 2.45) is 0 Å². The third kappa shape index (κ3) is 2.19. The van der Waals surface area contributed by atoms with Crippen LogP contribution < -0.4 is 5.73 Å². The van der Waals surface area contributed by atoms with Crippen LogP contribution in [0, 0.1) is 0 Å². The second-order valence-corrected chi connectivity index (χ2v) is 3.70. The highest BCUT2D eigenvalue weighted by Gasteiger charge is 2.12. The van der Waals surface area contributed by atoms with E-state index >= 15 is 0 Å². The Hall–Kier alpha value is -2.14. The van der Waals surface area contributed by atoms with Gasteiger partial charge in [-0.05, 0) is 18.2 Å². The average molecular weight is 250 g/mol. The van der Waals surface area contributed by atoms with Crippen molar-refractivity contribution in [3.63, 3.8) is 0 Å². The number of carboxylic acid groups (broad SMARTS) is 1. The summed E-state index contributed by atoms with van der Waals surface area (Å²) >= 11 is 5.95. The smallest absolute Gasteiger partial charge is 0.356 e. The summed E-state index contributed by atoms with van der Waals surface area (Å²) in [7, 11) is 0. The number of aromatic carboxylic acids is 1. The Morgan fingerprint density at radius 1 is 1.35 bits per heavy atom. The lowest BCUT2D eigenvalue weighted by atomic mass is 10.1. The Bertz CT molecular complexity index is 587. The highest BCUT2D eigenvalue weighted by Crippen LogP contribution is 2.26. The zero-order valence-electron chi connectivity index (χ0n) is 8.59. The van der Waals surface area contributed by atoms with Crippen molar-refractivity contribution in [2.45, 2.75) is 0 Å². The fourth-order valence-electron chi connectivity index (χ4n) is 1.37. The maximum absolute atomic E-state index is 10.9. The number of nitrogens with zero attached hydrogens (tertiary/aromatic N) is 2. The first kappa shape index (κ1) is 11.3. The number of carbonyl (C=O) groups is 1. The van der Waals surface area contributed by atoms with Crippen LogP contribution in [-0.4, -0.2) is 21.0 Å². The number of nitrogens with two attached hydrogens (primary N) is 1. The fraction of sp³-hybridized carbons (Fsp3) is 0. The van der Waals surface area contributed by atoms with Crippen molar-refractivity contribution in [1.82, 2.24) is 9.97 Å². The molecule has 0 saturated carbocycles. The van der Waals surface area contributed by atoms with Crippen LogP contribution in [0.3, 0.4) is 0 Å². The summed E-state index contributed by atoms with van der Waals surface area (Å²) in [5, 5.41) is 9.32. The van der Waals surface area contributed by atoms with Crippen LogP contribution in [0.5, 0.6) is 0 Å². The van der Waals surface area contributed by atoms with Gasteiger partial charge in [0.1, 0.15) is 0 Å². The SMILES string of the molecule is Nc1ccc(-c2ccncc2Cl)nc1C(=O)O. The molecule has 3 N–H and O–H groups in total. The van der Waals surface area contributed by atoms with Crippen molar-refractivity contribution in [3.8, 4) is 11.3 Å². The van der Waals surface area contributed by atoms with Gasteiger partial charge in [0.05, 0.1) is 16.4 Å². The Labute approximate surface area is 102 Å². The second kappa shape index (κ2) is 4.39. The van der Waals surface area contributed by atoms with E-state index in [0.29, 0.717) is 16.3 Å². The first-order chi connectivity index (χ1) is 8.09. The molecule has 0 aromatic carbocycles. The average Bonchev–Trinajstić information content (AvgIpc) is 2.30. The first-order valence-corrected chi connectivity index (χ1v) is 5.07. The molecule has 2 rings (SSSR count). The van der Waals surface area contributed by atoms with Crippen LogP contribution in [-0.2, 0) is 0 Å². The zero-order chi connectivity index (χ0) is 12.4. The standard InChI is InChI=1S/C11H8ClN3O2/c12-7-5-14-4-3-6(7)9-2-1-8(13)10(15-9)11(16)17/h1-5H,13H2,(H,16,17). The molecule has 0 fully saturated rings. The molecule has 2 heterocycles. The third-order valence-corrected chi connectivity index (χ3v) is 2.48. The predicted octanol–water partition coefficient (Wildman–Crippen LogP) is 2.08. The monoisotopic (exact) mass is 249 g/mol. The van der Waals surface area contributed by atoms with Crippen LogP contribution in [0.25, 0.3) is 11.3 Å². The molecular weight excluding hydrogens is 242 g/mol. The van der Waals surface area contributed by atoms with Crippen molar-refractivity contribution in [3.05, 3.63) is 41.3 Å². The molecule has 0 saturated heterocycles. The number of pyridine rings is 2. The molecule has 0 radical (unpaired) electrons. The van der Waals surface area contributed by atoms with E-state index in [2.05, 4.69) is 9.97 Å². The van der Waals surface area contributed by atoms with Crippen LogP contribution in [0.4, 0.5) is 5.69 Å². The van der Waals surface area contributed by atoms with Gasteiger partial charge >= 0.3 is 5.97 Å². The molecule has 0 spiro atoms. The van der Waals surface area contributed by atoms with Crippen molar-refractivity contribution >= 4 is 23.3 Å². The minimum Gasteiger partial charge on any atom is -0.476 e. The van der Waals surface area contributed by atoms with Gasteiger partial charge in [0.15, 0.2) is 5.69 Å². The summed E-state index contributed by atoms with van der Waals surface area (Å²) in [6.45, 7) is 0. The zero-order valence-corrected chi connectivity index (χ0v) is 9.35. The largest absolute Gasteiger partial charge is 0.476 e. The summed E-state index contributed by atoms with van der Waals surface area (Å²) in [4.78, 5) is 18.7. The van der Waals surface area contributed by atoms with E-state index in [9.17, 15) is 4.79 Å². The number of hydrogen-bond donors (Lipinski definition) is 2. The number of aromatic nitrogens is 2. The van der Waals surface area contributed by atoms with Gasteiger partial charge in [-0.25, -0.2) is 9.78 Å². The summed E-state index contributed by atoms with van der Waals surface area (Å²) in [6.07, 6.45) is 3.02. The second-order valence-electron chi connectivity index (χ2n) is 3.29. The number of hydrogen-bond acceptors (Lipinski definition) is 4. The quantitative estimate of drug-likeness (QED) is 0.851. The Balaban J connectivity index is 2.58. The van der Waals surface area contributed by atoms with Gasteiger partial charge in [-0.3, -0.25) is 4.98 Å². The van der Waals surface area contributed by atoms with E-state index in [1.807, 2.05) is 0 Å². The lowest BCUT2D eigenvalue weighted by Gasteiger charge is -2.05.